The van der Waals surface area contributed by atoms with Gasteiger partial charge in [0.15, 0.2) is 0 Å². The first-order valence-electron chi connectivity index (χ1n) is 9.14. The molecule has 164 valence electrons. The van der Waals surface area contributed by atoms with E-state index in [4.69, 9.17) is 11.6 Å². The summed E-state index contributed by atoms with van der Waals surface area (Å²) in [5, 5.41) is 2.03. The number of urea groups is 1. The standard InChI is InChI=1S/C18H25ClF3N3O3S/c1-10(2)14-5-12(19)6-15(11(3)4)16(14)23-17(26)24-29(27,28)13-7-25(8-13)9-18(20,21)22/h5-6,10-11,13H,7-9H2,1-4H3,(H2,23,24,26). The summed E-state index contributed by atoms with van der Waals surface area (Å²) in [6, 6.07) is 2.47. The molecular formula is C18H25ClF3N3O3S. The third-order valence-corrected chi connectivity index (χ3v) is 6.51. The molecule has 0 aromatic heterocycles. The molecule has 1 saturated heterocycles. The Hall–Kier alpha value is -1.52. The van der Waals surface area contributed by atoms with Crippen LogP contribution in [0.25, 0.3) is 0 Å². The van der Waals surface area contributed by atoms with Crippen LogP contribution in [0.3, 0.4) is 0 Å². The first-order chi connectivity index (χ1) is 13.2. The van der Waals surface area contributed by atoms with Crippen molar-refractivity contribution in [2.24, 2.45) is 0 Å². The number of carbonyl (C=O) groups excluding carboxylic acids is 1. The van der Waals surface area contributed by atoms with Gasteiger partial charge in [0, 0.05) is 23.8 Å². The van der Waals surface area contributed by atoms with E-state index in [0.29, 0.717) is 10.7 Å². The summed E-state index contributed by atoms with van der Waals surface area (Å²) < 4.78 is 63.6. The van der Waals surface area contributed by atoms with E-state index >= 15 is 0 Å². The molecule has 2 rings (SSSR count). The molecule has 0 aliphatic carbocycles. The first kappa shape index (κ1) is 23.8. The normalized spacial score (nSPS) is 16.2. The van der Waals surface area contributed by atoms with Crippen molar-refractivity contribution >= 4 is 33.3 Å². The van der Waals surface area contributed by atoms with Crippen LogP contribution in [0.15, 0.2) is 12.1 Å². The molecule has 1 aromatic rings. The van der Waals surface area contributed by atoms with Gasteiger partial charge in [0.2, 0.25) is 10.0 Å². The van der Waals surface area contributed by atoms with Gasteiger partial charge in [-0.1, -0.05) is 39.3 Å². The van der Waals surface area contributed by atoms with Gasteiger partial charge in [0.1, 0.15) is 5.25 Å². The van der Waals surface area contributed by atoms with E-state index in [9.17, 15) is 26.4 Å². The van der Waals surface area contributed by atoms with Crippen molar-refractivity contribution in [2.45, 2.75) is 51.0 Å². The molecule has 0 saturated carbocycles. The molecule has 0 spiro atoms. The number of likely N-dealkylation sites (tertiary alicyclic amines) is 1. The molecule has 2 N–H and O–H groups in total. The molecule has 0 radical (unpaired) electrons. The third-order valence-electron chi connectivity index (χ3n) is 4.65. The lowest BCUT2D eigenvalue weighted by atomic mass is 9.92. The summed E-state index contributed by atoms with van der Waals surface area (Å²) in [6.45, 7) is 5.93. The fourth-order valence-corrected chi connectivity index (χ4v) is 4.68. The average molecular weight is 456 g/mol. The Bertz CT molecular complexity index is 838. The first-order valence-corrected chi connectivity index (χ1v) is 11.1. The number of nitrogens with zero attached hydrogens (tertiary/aromatic N) is 1. The highest BCUT2D eigenvalue weighted by Gasteiger charge is 2.43. The molecule has 0 bridgehead atoms. The highest BCUT2D eigenvalue weighted by atomic mass is 35.5. The maximum Gasteiger partial charge on any atom is 0.401 e. The van der Waals surface area contributed by atoms with Gasteiger partial charge in [-0.05, 0) is 35.1 Å². The van der Waals surface area contributed by atoms with Crippen LogP contribution in [0.4, 0.5) is 23.7 Å². The van der Waals surface area contributed by atoms with Crippen molar-refractivity contribution in [3.63, 3.8) is 0 Å². The zero-order valence-electron chi connectivity index (χ0n) is 16.6. The molecule has 11 heteroatoms. The maximum atomic E-state index is 12.4. The number of halogens is 4. The molecule has 1 fully saturated rings. The van der Waals surface area contributed by atoms with Gasteiger partial charge >= 0.3 is 12.2 Å². The maximum absolute atomic E-state index is 12.4. The molecule has 2 amide bonds. The van der Waals surface area contributed by atoms with Crippen molar-refractivity contribution < 1.29 is 26.4 Å². The van der Waals surface area contributed by atoms with Gasteiger partial charge in [0.05, 0.1) is 6.54 Å². The summed E-state index contributed by atoms with van der Waals surface area (Å²) in [7, 11) is -4.10. The second-order valence-corrected chi connectivity index (χ2v) is 10.2. The van der Waals surface area contributed by atoms with Crippen LogP contribution < -0.4 is 10.0 Å². The largest absolute Gasteiger partial charge is 0.401 e. The number of hydrogen-bond donors (Lipinski definition) is 2. The minimum absolute atomic E-state index is 0.0145. The number of amides is 2. The van der Waals surface area contributed by atoms with Crippen molar-refractivity contribution in [1.29, 1.82) is 0 Å². The molecule has 0 atom stereocenters. The predicted octanol–water partition coefficient (Wildman–Crippen LogP) is 4.28. The van der Waals surface area contributed by atoms with Crippen LogP contribution >= 0.6 is 11.6 Å². The molecule has 1 heterocycles. The van der Waals surface area contributed by atoms with Crippen molar-refractivity contribution in [3.05, 3.63) is 28.3 Å². The SMILES string of the molecule is CC(C)c1cc(Cl)cc(C(C)C)c1NC(=O)NS(=O)(=O)C1CN(CC(F)(F)F)C1. The van der Waals surface area contributed by atoms with E-state index in [0.717, 1.165) is 16.0 Å². The van der Waals surface area contributed by atoms with Crippen LogP contribution in [0.2, 0.25) is 5.02 Å². The Balaban J connectivity index is 2.11. The molecule has 1 aliphatic rings. The van der Waals surface area contributed by atoms with Crippen molar-refractivity contribution in [1.82, 2.24) is 9.62 Å². The summed E-state index contributed by atoms with van der Waals surface area (Å²) >= 11 is 6.17. The zero-order chi connectivity index (χ0) is 22.1. The Kier molecular flexibility index (Phi) is 7.12. The molecule has 0 unspecified atom stereocenters. The quantitative estimate of drug-likeness (QED) is 0.671. The van der Waals surface area contributed by atoms with Gasteiger partial charge in [-0.2, -0.15) is 13.2 Å². The summed E-state index contributed by atoms with van der Waals surface area (Å²) in [6.07, 6.45) is -4.39. The average Bonchev–Trinajstić information content (AvgIpc) is 2.49. The number of nitrogens with one attached hydrogen (secondary N) is 2. The monoisotopic (exact) mass is 455 g/mol. The van der Waals surface area contributed by atoms with Gasteiger partial charge < -0.3 is 5.32 Å². The van der Waals surface area contributed by atoms with E-state index < -0.39 is 34.0 Å². The predicted molar refractivity (Wildman–Crippen MR) is 107 cm³/mol. The van der Waals surface area contributed by atoms with E-state index in [1.807, 2.05) is 32.4 Å². The highest BCUT2D eigenvalue weighted by Crippen LogP contribution is 2.35. The minimum atomic E-state index is -4.39. The lowest BCUT2D eigenvalue weighted by Gasteiger charge is -2.38. The second kappa shape index (κ2) is 8.69. The van der Waals surface area contributed by atoms with Crippen LogP contribution in [0.5, 0.6) is 0 Å². The molecule has 29 heavy (non-hydrogen) atoms. The number of alkyl halides is 3. The zero-order valence-corrected chi connectivity index (χ0v) is 18.2. The van der Waals surface area contributed by atoms with Gasteiger partial charge in [-0.15, -0.1) is 0 Å². The summed E-state index contributed by atoms with van der Waals surface area (Å²) in [4.78, 5) is 13.4. The minimum Gasteiger partial charge on any atom is -0.307 e. The van der Waals surface area contributed by atoms with Crippen molar-refractivity contribution in [2.75, 3.05) is 25.0 Å². The lowest BCUT2D eigenvalue weighted by Crippen LogP contribution is -2.60. The van der Waals surface area contributed by atoms with Gasteiger partial charge in [-0.25, -0.2) is 17.9 Å². The van der Waals surface area contributed by atoms with Crippen LogP contribution in [0.1, 0.15) is 50.7 Å². The topological polar surface area (TPSA) is 78.5 Å². The molecule has 1 aliphatic heterocycles. The Labute approximate surface area is 173 Å². The molecule has 6 nitrogen and oxygen atoms in total. The summed E-state index contributed by atoms with van der Waals surface area (Å²) in [5.74, 6) is 0.0290. The van der Waals surface area contributed by atoms with Gasteiger partial charge in [-0.3, -0.25) is 4.90 Å². The number of anilines is 1. The number of rotatable bonds is 6. The Morgan fingerprint density at radius 3 is 2.07 bits per heavy atom. The van der Waals surface area contributed by atoms with E-state index in [1.54, 1.807) is 12.1 Å². The van der Waals surface area contributed by atoms with Crippen LogP contribution in [-0.4, -0.2) is 50.4 Å². The molecule has 1 aromatic carbocycles. The van der Waals surface area contributed by atoms with E-state index in [1.165, 1.54) is 0 Å². The fourth-order valence-electron chi connectivity index (χ4n) is 3.16. The Morgan fingerprint density at radius 1 is 1.17 bits per heavy atom. The van der Waals surface area contributed by atoms with Gasteiger partial charge in [0.25, 0.3) is 0 Å². The summed E-state index contributed by atoms with van der Waals surface area (Å²) in [5.41, 5.74) is 2.00. The highest BCUT2D eigenvalue weighted by molar-refractivity contribution is 7.90. The second-order valence-electron chi connectivity index (χ2n) is 7.80. The number of sulfonamides is 1. The lowest BCUT2D eigenvalue weighted by molar-refractivity contribution is -0.152. The molecular weight excluding hydrogens is 431 g/mol. The smallest absolute Gasteiger partial charge is 0.307 e. The van der Waals surface area contributed by atoms with E-state index in [-0.39, 0.29) is 24.9 Å². The number of carbonyl (C=O) groups is 1. The van der Waals surface area contributed by atoms with E-state index in [2.05, 4.69) is 5.32 Å². The third kappa shape index (κ3) is 6.23. The Morgan fingerprint density at radius 2 is 1.66 bits per heavy atom. The van der Waals surface area contributed by atoms with Crippen molar-refractivity contribution in [3.8, 4) is 0 Å². The number of hydrogen-bond acceptors (Lipinski definition) is 4. The van der Waals surface area contributed by atoms with Crippen LogP contribution in [0, 0.1) is 0 Å². The fraction of sp³-hybridized carbons (Fsp3) is 0.611. The number of benzene rings is 1. The van der Waals surface area contributed by atoms with Crippen LogP contribution in [-0.2, 0) is 10.0 Å².